The van der Waals surface area contributed by atoms with Crippen molar-refractivity contribution in [3.63, 3.8) is 0 Å². The van der Waals surface area contributed by atoms with E-state index in [0.717, 1.165) is 16.9 Å². The topological polar surface area (TPSA) is 49.4 Å². The Balaban J connectivity index is 1.84. The average molecular weight is 495 g/mol. The number of carbonyl (C=O) groups excluding carboxylic acids is 2. The molecule has 0 aromatic heterocycles. The molecule has 0 fully saturated rings. The lowest BCUT2D eigenvalue weighted by atomic mass is 10.0. The van der Waals surface area contributed by atoms with E-state index in [2.05, 4.69) is 24.4 Å². The normalized spacial score (nSPS) is 11.6. The number of nitrogens with one attached hydrogen (secondary N) is 1. The van der Waals surface area contributed by atoms with E-state index in [1.54, 1.807) is 16.7 Å². The Morgan fingerprint density at radius 3 is 2.26 bits per heavy atom. The maximum Gasteiger partial charge on any atom is 0.243 e. The quantitative estimate of drug-likeness (QED) is 0.374. The Labute approximate surface area is 211 Å². The van der Waals surface area contributed by atoms with Gasteiger partial charge in [0.2, 0.25) is 11.8 Å². The SMILES string of the molecule is CCNC(=O)[C@H](Cc1ccccc1)N(Cc1ccccc1Cl)C(=O)CSCc1ccccc1C. The summed E-state index contributed by atoms with van der Waals surface area (Å²) in [4.78, 5) is 28.4. The van der Waals surface area contributed by atoms with Gasteiger partial charge >= 0.3 is 0 Å². The van der Waals surface area contributed by atoms with Gasteiger partial charge in [-0.05, 0) is 42.2 Å². The van der Waals surface area contributed by atoms with Gasteiger partial charge in [0.05, 0.1) is 5.75 Å². The summed E-state index contributed by atoms with van der Waals surface area (Å²) in [5, 5.41) is 3.50. The molecule has 3 aromatic rings. The molecular formula is C28H31ClN2O2S. The van der Waals surface area contributed by atoms with Gasteiger partial charge in [-0.25, -0.2) is 0 Å². The summed E-state index contributed by atoms with van der Waals surface area (Å²) in [7, 11) is 0. The number of likely N-dealkylation sites (N-methyl/N-ethyl adjacent to an activating group) is 1. The molecule has 3 rings (SSSR count). The molecule has 0 saturated heterocycles. The minimum atomic E-state index is -0.634. The molecular weight excluding hydrogens is 464 g/mol. The van der Waals surface area contributed by atoms with E-state index in [4.69, 9.17) is 11.6 Å². The molecule has 0 bridgehead atoms. The van der Waals surface area contributed by atoms with Crippen LogP contribution in [0.25, 0.3) is 0 Å². The van der Waals surface area contributed by atoms with E-state index in [1.165, 1.54) is 11.1 Å². The molecule has 0 unspecified atom stereocenters. The van der Waals surface area contributed by atoms with Crippen LogP contribution in [0, 0.1) is 6.92 Å². The number of nitrogens with zero attached hydrogens (tertiary/aromatic N) is 1. The number of benzene rings is 3. The average Bonchev–Trinajstić information content (AvgIpc) is 2.84. The fourth-order valence-electron chi connectivity index (χ4n) is 3.76. The standard InChI is InChI=1S/C28H31ClN2O2S/c1-3-30-28(33)26(17-22-12-5-4-6-13-22)31(18-23-14-9-10-16-25(23)29)27(32)20-34-19-24-15-8-7-11-21(24)2/h4-16,26H,3,17-20H2,1-2H3,(H,30,33)/t26-/m0/s1. The highest BCUT2D eigenvalue weighted by molar-refractivity contribution is 7.99. The van der Waals surface area contributed by atoms with Crippen molar-refractivity contribution < 1.29 is 9.59 Å². The highest BCUT2D eigenvalue weighted by atomic mass is 35.5. The first kappa shape index (κ1) is 25.9. The largest absolute Gasteiger partial charge is 0.355 e. The number of halogens is 1. The van der Waals surface area contributed by atoms with Gasteiger partial charge in [0.25, 0.3) is 0 Å². The molecule has 1 atom stereocenters. The zero-order valence-electron chi connectivity index (χ0n) is 19.7. The van der Waals surface area contributed by atoms with Gasteiger partial charge in [0.15, 0.2) is 0 Å². The highest BCUT2D eigenvalue weighted by Gasteiger charge is 2.30. The van der Waals surface area contributed by atoms with Crippen LogP contribution in [0.2, 0.25) is 5.02 Å². The molecule has 0 aliphatic rings. The minimum absolute atomic E-state index is 0.0781. The first-order chi connectivity index (χ1) is 16.5. The Kier molecular flexibility index (Phi) is 10.0. The Hall–Kier alpha value is -2.76. The van der Waals surface area contributed by atoms with Crippen molar-refractivity contribution in [2.45, 2.75) is 38.6 Å². The van der Waals surface area contributed by atoms with Gasteiger partial charge < -0.3 is 10.2 Å². The van der Waals surface area contributed by atoms with Crippen molar-refractivity contribution in [1.82, 2.24) is 10.2 Å². The van der Waals surface area contributed by atoms with E-state index in [1.807, 2.05) is 73.7 Å². The summed E-state index contributed by atoms with van der Waals surface area (Å²) in [5.41, 5.74) is 4.24. The van der Waals surface area contributed by atoms with Crippen molar-refractivity contribution in [3.8, 4) is 0 Å². The molecule has 4 nitrogen and oxygen atoms in total. The van der Waals surface area contributed by atoms with Crippen LogP contribution < -0.4 is 5.32 Å². The third kappa shape index (κ3) is 7.37. The molecule has 0 aliphatic heterocycles. The zero-order valence-corrected chi connectivity index (χ0v) is 21.2. The molecule has 0 radical (unpaired) electrons. The zero-order chi connectivity index (χ0) is 24.3. The molecule has 6 heteroatoms. The second-order valence-corrected chi connectivity index (χ2v) is 9.53. The van der Waals surface area contributed by atoms with Crippen molar-refractivity contribution >= 4 is 35.2 Å². The van der Waals surface area contributed by atoms with Gasteiger partial charge in [-0.1, -0.05) is 84.4 Å². The summed E-state index contributed by atoms with van der Waals surface area (Å²) < 4.78 is 0. The van der Waals surface area contributed by atoms with Gasteiger partial charge in [0.1, 0.15) is 6.04 Å². The summed E-state index contributed by atoms with van der Waals surface area (Å²) in [5.74, 6) is 0.785. The van der Waals surface area contributed by atoms with Crippen molar-refractivity contribution in [3.05, 3.63) is 106 Å². The lowest BCUT2D eigenvalue weighted by molar-refractivity contribution is -0.139. The Morgan fingerprint density at radius 1 is 0.941 bits per heavy atom. The minimum Gasteiger partial charge on any atom is -0.355 e. The lowest BCUT2D eigenvalue weighted by Crippen LogP contribution is -2.51. The van der Waals surface area contributed by atoms with Crippen molar-refractivity contribution in [1.29, 1.82) is 0 Å². The molecule has 3 aromatic carbocycles. The molecule has 0 aliphatic carbocycles. The summed E-state index contributed by atoms with van der Waals surface area (Å²) in [6.45, 7) is 4.74. The van der Waals surface area contributed by atoms with Gasteiger partial charge in [-0.3, -0.25) is 9.59 Å². The Bertz CT molecular complexity index is 1090. The van der Waals surface area contributed by atoms with Crippen LogP contribution in [-0.2, 0) is 28.3 Å². The molecule has 0 heterocycles. The van der Waals surface area contributed by atoms with E-state index >= 15 is 0 Å². The van der Waals surface area contributed by atoms with E-state index in [-0.39, 0.29) is 24.1 Å². The van der Waals surface area contributed by atoms with Crippen LogP contribution in [0.1, 0.15) is 29.2 Å². The lowest BCUT2D eigenvalue weighted by Gasteiger charge is -2.31. The fraction of sp³-hybridized carbons (Fsp3) is 0.286. The highest BCUT2D eigenvalue weighted by Crippen LogP contribution is 2.22. The fourth-order valence-corrected chi connectivity index (χ4v) is 4.94. The molecule has 1 N–H and O–H groups in total. The first-order valence-corrected chi connectivity index (χ1v) is 13.0. The maximum atomic E-state index is 13.6. The van der Waals surface area contributed by atoms with Gasteiger partial charge in [0, 0.05) is 30.3 Å². The van der Waals surface area contributed by atoms with Crippen LogP contribution in [0.3, 0.4) is 0 Å². The number of carbonyl (C=O) groups is 2. The first-order valence-electron chi connectivity index (χ1n) is 11.5. The number of amides is 2. The molecule has 0 saturated carbocycles. The van der Waals surface area contributed by atoms with E-state index < -0.39 is 6.04 Å². The predicted octanol–water partition coefficient (Wildman–Crippen LogP) is 5.66. The summed E-state index contributed by atoms with van der Waals surface area (Å²) in [6.07, 6.45) is 0.436. The van der Waals surface area contributed by atoms with Gasteiger partial charge in [-0.15, -0.1) is 11.8 Å². The smallest absolute Gasteiger partial charge is 0.243 e. The second-order valence-electron chi connectivity index (χ2n) is 8.13. The molecule has 34 heavy (non-hydrogen) atoms. The third-order valence-corrected chi connectivity index (χ3v) is 7.00. The van der Waals surface area contributed by atoms with Crippen LogP contribution in [0.4, 0.5) is 0 Å². The Morgan fingerprint density at radius 2 is 1.59 bits per heavy atom. The predicted molar refractivity (Wildman–Crippen MR) is 142 cm³/mol. The van der Waals surface area contributed by atoms with Crippen LogP contribution >= 0.6 is 23.4 Å². The number of aryl methyl sites for hydroxylation is 1. The number of thioether (sulfide) groups is 1. The van der Waals surface area contributed by atoms with E-state index in [0.29, 0.717) is 18.0 Å². The van der Waals surface area contributed by atoms with E-state index in [9.17, 15) is 9.59 Å². The van der Waals surface area contributed by atoms with Crippen LogP contribution in [0.5, 0.6) is 0 Å². The van der Waals surface area contributed by atoms with Gasteiger partial charge in [-0.2, -0.15) is 0 Å². The summed E-state index contributed by atoms with van der Waals surface area (Å²) >= 11 is 8.00. The number of hydrogen-bond acceptors (Lipinski definition) is 3. The van der Waals surface area contributed by atoms with Crippen molar-refractivity contribution in [2.75, 3.05) is 12.3 Å². The monoisotopic (exact) mass is 494 g/mol. The second kappa shape index (κ2) is 13.2. The molecule has 2 amide bonds. The number of rotatable bonds is 11. The summed E-state index contributed by atoms with van der Waals surface area (Å²) in [6, 6.07) is 24.8. The van der Waals surface area contributed by atoms with Crippen molar-refractivity contribution in [2.24, 2.45) is 0 Å². The van der Waals surface area contributed by atoms with Crippen LogP contribution in [-0.4, -0.2) is 35.1 Å². The van der Waals surface area contributed by atoms with Crippen LogP contribution in [0.15, 0.2) is 78.9 Å². The molecule has 178 valence electrons. The number of hydrogen-bond donors (Lipinski definition) is 1. The molecule has 0 spiro atoms. The third-order valence-electron chi connectivity index (χ3n) is 5.66. The maximum absolute atomic E-state index is 13.6.